The van der Waals surface area contributed by atoms with E-state index in [2.05, 4.69) is 18.3 Å². The van der Waals surface area contributed by atoms with Crippen LogP contribution in [-0.2, 0) is 0 Å². The lowest BCUT2D eigenvalue weighted by Crippen LogP contribution is -1.33. The largest absolute Gasteiger partial charge is 0.205 e. The van der Waals surface area contributed by atoms with Crippen LogP contribution in [0.25, 0.3) is 0 Å². The molecule has 0 aromatic rings. The maximum atomic E-state index is 5.96. The molecule has 2 nitrogen and oxygen atoms in total. The highest BCUT2D eigenvalue weighted by molar-refractivity contribution is 4.94. The van der Waals surface area contributed by atoms with Crippen molar-refractivity contribution in [2.75, 3.05) is 0 Å². The van der Waals surface area contributed by atoms with Crippen molar-refractivity contribution >= 4 is 0 Å². The summed E-state index contributed by atoms with van der Waals surface area (Å²) in [4.78, 5) is 0. The fraction of sp³-hybridized carbons (Fsp3) is 0.455. The molecule has 13 heavy (non-hydrogen) atoms. The standard InChI is InChI=1S/C5H8.C2H4N2.2C2H6/c1-3-5-4-2;1-2-4-3;2*1-2/h3-5H,1H2,2H3;2-3H,1H2;2*1-2H3/b5-4-;;;. The lowest BCUT2D eigenvalue weighted by Gasteiger charge is -1.56. The molecule has 0 aliphatic carbocycles. The third kappa shape index (κ3) is 254. The summed E-state index contributed by atoms with van der Waals surface area (Å²) in [5.74, 6) is 0. The molecule has 0 amide bonds. The van der Waals surface area contributed by atoms with Crippen LogP contribution in [0.4, 0.5) is 0 Å². The smallest absolute Gasteiger partial charge is 0.0416 e. The Labute approximate surface area is 83.6 Å². The van der Waals surface area contributed by atoms with Crippen LogP contribution in [0.1, 0.15) is 34.6 Å². The highest BCUT2D eigenvalue weighted by atomic mass is 14.9. The Morgan fingerprint density at radius 2 is 1.38 bits per heavy atom. The maximum Gasteiger partial charge on any atom is 0.0416 e. The van der Waals surface area contributed by atoms with E-state index in [1.165, 1.54) is 6.20 Å². The fourth-order valence-electron chi connectivity index (χ4n) is 0.136. The molecule has 2 heteroatoms. The van der Waals surface area contributed by atoms with E-state index < -0.39 is 0 Å². The number of rotatable bonds is 2. The van der Waals surface area contributed by atoms with E-state index >= 15 is 0 Å². The van der Waals surface area contributed by atoms with E-state index in [-0.39, 0.29) is 0 Å². The first-order valence-electron chi connectivity index (χ1n) is 4.54. The molecule has 0 heterocycles. The molecular weight excluding hydrogens is 160 g/mol. The van der Waals surface area contributed by atoms with Gasteiger partial charge in [-0.2, -0.15) is 5.11 Å². The summed E-state index contributed by atoms with van der Waals surface area (Å²) in [5.41, 5.74) is 5.96. The Bertz CT molecular complexity index is 98.7. The second-order valence-corrected chi connectivity index (χ2v) is 1.07. The Kier molecular flexibility index (Phi) is 124. The van der Waals surface area contributed by atoms with Crippen LogP contribution in [0.15, 0.2) is 42.7 Å². The minimum absolute atomic E-state index is 1.17. The monoisotopic (exact) mass is 184 g/mol. The van der Waals surface area contributed by atoms with E-state index in [1.807, 2.05) is 46.8 Å². The van der Waals surface area contributed by atoms with Gasteiger partial charge in [-0.05, 0) is 6.92 Å². The van der Waals surface area contributed by atoms with Gasteiger partial charge in [0.25, 0.3) is 0 Å². The zero-order chi connectivity index (χ0) is 11.5. The van der Waals surface area contributed by atoms with Crippen LogP contribution in [0.2, 0.25) is 0 Å². The van der Waals surface area contributed by atoms with Crippen molar-refractivity contribution < 1.29 is 0 Å². The molecule has 0 unspecified atom stereocenters. The van der Waals surface area contributed by atoms with Crippen LogP contribution in [0, 0.1) is 5.53 Å². The summed E-state index contributed by atoms with van der Waals surface area (Å²) in [6.07, 6.45) is 6.74. The molecule has 0 spiro atoms. The van der Waals surface area contributed by atoms with Crippen LogP contribution in [0.3, 0.4) is 0 Å². The lowest BCUT2D eigenvalue weighted by atomic mass is 10.5. The third-order valence-corrected chi connectivity index (χ3v) is 0.420. The summed E-state index contributed by atoms with van der Waals surface area (Å²) in [6.45, 7) is 16.5. The van der Waals surface area contributed by atoms with Crippen LogP contribution >= 0.6 is 0 Å². The minimum atomic E-state index is 1.17. The molecule has 0 rings (SSSR count). The first-order chi connectivity index (χ1) is 6.33. The summed E-state index contributed by atoms with van der Waals surface area (Å²) >= 11 is 0. The molecule has 0 aliphatic rings. The van der Waals surface area contributed by atoms with Gasteiger partial charge in [0, 0.05) is 6.20 Å². The average molecular weight is 184 g/mol. The number of nitrogens with zero attached hydrogens (tertiary/aromatic N) is 1. The normalized spacial score (nSPS) is 5.92. The number of nitrogens with one attached hydrogen (secondary N) is 1. The summed E-state index contributed by atoms with van der Waals surface area (Å²) in [5, 5.41) is 2.75. The van der Waals surface area contributed by atoms with Gasteiger partial charge < -0.3 is 0 Å². The molecule has 0 aromatic heterocycles. The Balaban J connectivity index is -0.0000000457. The van der Waals surface area contributed by atoms with Crippen molar-refractivity contribution in [1.29, 1.82) is 5.53 Å². The molecule has 0 aliphatic heterocycles. The summed E-state index contributed by atoms with van der Waals surface area (Å²) < 4.78 is 0. The van der Waals surface area contributed by atoms with Gasteiger partial charge in [-0.15, -0.1) is 0 Å². The molecule has 0 atom stereocenters. The van der Waals surface area contributed by atoms with Gasteiger partial charge in [0.15, 0.2) is 0 Å². The molecule has 78 valence electrons. The second-order valence-electron chi connectivity index (χ2n) is 1.07. The van der Waals surface area contributed by atoms with E-state index in [4.69, 9.17) is 5.53 Å². The van der Waals surface area contributed by atoms with Crippen molar-refractivity contribution in [2.24, 2.45) is 5.11 Å². The van der Waals surface area contributed by atoms with Crippen molar-refractivity contribution in [1.82, 2.24) is 0 Å². The zero-order valence-electron chi connectivity index (χ0n) is 9.67. The van der Waals surface area contributed by atoms with E-state index in [9.17, 15) is 0 Å². The van der Waals surface area contributed by atoms with E-state index in [1.54, 1.807) is 6.08 Å². The zero-order valence-corrected chi connectivity index (χ0v) is 9.67. The molecule has 0 saturated heterocycles. The highest BCUT2D eigenvalue weighted by Crippen LogP contribution is 1.64. The van der Waals surface area contributed by atoms with Crippen LogP contribution < -0.4 is 0 Å². The quantitative estimate of drug-likeness (QED) is 0.465. The number of allylic oxidation sites excluding steroid dienone is 3. The fourth-order valence-corrected chi connectivity index (χ4v) is 0.136. The van der Waals surface area contributed by atoms with Gasteiger partial charge in [0.2, 0.25) is 0 Å². The van der Waals surface area contributed by atoms with E-state index in [0.29, 0.717) is 0 Å². The van der Waals surface area contributed by atoms with Gasteiger partial charge in [0.05, 0.1) is 0 Å². The SMILES string of the molecule is C=C/C=C\C.C=CN=N.CC.CC. The van der Waals surface area contributed by atoms with Crippen LogP contribution in [0.5, 0.6) is 0 Å². The first kappa shape index (κ1) is 22.6. The first-order valence-corrected chi connectivity index (χ1v) is 4.54. The molecule has 0 bridgehead atoms. The molecule has 0 aromatic carbocycles. The van der Waals surface area contributed by atoms with Gasteiger partial charge in [0.1, 0.15) is 0 Å². The third-order valence-electron chi connectivity index (χ3n) is 0.420. The average Bonchev–Trinajstić information content (AvgIpc) is 2.25. The molecule has 0 saturated carbocycles. The van der Waals surface area contributed by atoms with Crippen molar-refractivity contribution in [2.45, 2.75) is 34.6 Å². The highest BCUT2D eigenvalue weighted by Gasteiger charge is 1.42. The minimum Gasteiger partial charge on any atom is -0.205 e. The Morgan fingerprint density at radius 3 is 1.38 bits per heavy atom. The number of hydrogen-bond donors (Lipinski definition) is 1. The van der Waals surface area contributed by atoms with Crippen molar-refractivity contribution in [3.63, 3.8) is 0 Å². The number of hydrogen-bond acceptors (Lipinski definition) is 2. The van der Waals surface area contributed by atoms with Crippen molar-refractivity contribution in [3.8, 4) is 0 Å². The Hall–Kier alpha value is -1.18. The van der Waals surface area contributed by atoms with Gasteiger partial charge in [-0.1, -0.05) is 59.1 Å². The van der Waals surface area contributed by atoms with Gasteiger partial charge >= 0.3 is 0 Å². The molecular formula is C11H24N2. The van der Waals surface area contributed by atoms with Gasteiger partial charge in [-0.3, -0.25) is 0 Å². The van der Waals surface area contributed by atoms with Crippen LogP contribution in [-0.4, -0.2) is 0 Å². The predicted molar refractivity (Wildman–Crippen MR) is 63.1 cm³/mol. The predicted octanol–water partition coefficient (Wildman–Crippen LogP) is 4.96. The Morgan fingerprint density at radius 1 is 1.08 bits per heavy atom. The van der Waals surface area contributed by atoms with E-state index in [0.717, 1.165) is 0 Å². The van der Waals surface area contributed by atoms with Gasteiger partial charge in [-0.25, -0.2) is 5.53 Å². The second kappa shape index (κ2) is 71.5. The molecule has 0 radical (unpaired) electrons. The van der Waals surface area contributed by atoms with Crippen molar-refractivity contribution in [3.05, 3.63) is 37.6 Å². The molecule has 1 N–H and O–H groups in total. The summed E-state index contributed by atoms with van der Waals surface area (Å²) in [7, 11) is 0. The topological polar surface area (TPSA) is 36.2 Å². The molecule has 0 fully saturated rings. The summed E-state index contributed by atoms with van der Waals surface area (Å²) in [6, 6.07) is 0. The maximum absolute atomic E-state index is 5.96. The lowest BCUT2D eigenvalue weighted by molar-refractivity contribution is 1.15.